The van der Waals surface area contributed by atoms with E-state index in [1.165, 1.54) is 6.08 Å². The monoisotopic (exact) mass is 161 g/mol. The molecule has 60 valence electrons. The van der Waals surface area contributed by atoms with Gasteiger partial charge in [0.15, 0.2) is 6.10 Å². The standard InChI is InChI=1S/C9H7NO2/c11-8-5-6-3-1-2-4-7(6)10-9(8)12/h1-5,8,11H. The summed E-state index contributed by atoms with van der Waals surface area (Å²) in [6.07, 6.45) is 0.435. The van der Waals surface area contributed by atoms with Crippen molar-refractivity contribution in [3.63, 3.8) is 0 Å². The first-order valence-corrected chi connectivity index (χ1v) is 3.65. The lowest BCUT2D eigenvalue weighted by Gasteiger charge is -2.03. The van der Waals surface area contributed by atoms with E-state index < -0.39 is 12.0 Å². The molecule has 0 aromatic heterocycles. The van der Waals surface area contributed by atoms with E-state index in [2.05, 4.69) is 4.99 Å². The Morgan fingerprint density at radius 3 is 2.92 bits per heavy atom. The molecule has 2 rings (SSSR count). The van der Waals surface area contributed by atoms with Crippen molar-refractivity contribution < 1.29 is 9.90 Å². The Kier molecular flexibility index (Phi) is 1.52. The summed E-state index contributed by atoms with van der Waals surface area (Å²) in [5, 5.41) is 10.6. The molecule has 0 bridgehead atoms. The van der Waals surface area contributed by atoms with E-state index in [9.17, 15) is 4.79 Å². The topological polar surface area (TPSA) is 49.7 Å². The van der Waals surface area contributed by atoms with Gasteiger partial charge in [-0.05, 0) is 17.4 Å². The van der Waals surface area contributed by atoms with Crippen LogP contribution in [0.25, 0.3) is 6.08 Å². The molecule has 1 aliphatic rings. The third-order valence-electron chi connectivity index (χ3n) is 1.76. The molecule has 0 saturated carbocycles. The van der Waals surface area contributed by atoms with E-state index in [4.69, 9.17) is 5.11 Å². The van der Waals surface area contributed by atoms with Crippen molar-refractivity contribution in [1.29, 1.82) is 0 Å². The van der Waals surface area contributed by atoms with Crippen LogP contribution in [0, 0.1) is 0 Å². The zero-order chi connectivity index (χ0) is 8.55. The highest BCUT2D eigenvalue weighted by Crippen LogP contribution is 1.91. The highest BCUT2D eigenvalue weighted by atomic mass is 16.3. The van der Waals surface area contributed by atoms with Gasteiger partial charge in [-0.25, -0.2) is 4.99 Å². The normalized spacial score (nSPS) is 20.8. The Balaban J connectivity index is 2.79. The fourth-order valence-electron chi connectivity index (χ4n) is 1.16. The number of hydrogen-bond acceptors (Lipinski definition) is 2. The second-order valence-corrected chi connectivity index (χ2v) is 2.62. The van der Waals surface area contributed by atoms with E-state index in [1.807, 2.05) is 12.1 Å². The summed E-state index contributed by atoms with van der Waals surface area (Å²) in [5.41, 5.74) is 0. The quantitative estimate of drug-likeness (QED) is 0.530. The van der Waals surface area contributed by atoms with Gasteiger partial charge in [0.25, 0.3) is 5.91 Å². The Morgan fingerprint density at radius 2 is 2.08 bits per heavy atom. The molecular weight excluding hydrogens is 154 g/mol. The largest absolute Gasteiger partial charge is 0.379 e. The van der Waals surface area contributed by atoms with Gasteiger partial charge in [-0.1, -0.05) is 18.2 Å². The van der Waals surface area contributed by atoms with Crippen molar-refractivity contribution in [2.45, 2.75) is 6.10 Å². The lowest BCUT2D eigenvalue weighted by molar-refractivity contribution is -0.123. The minimum absolute atomic E-state index is 0.492. The lowest BCUT2D eigenvalue weighted by Crippen LogP contribution is -2.35. The number of amides is 1. The van der Waals surface area contributed by atoms with Crippen LogP contribution in [0.3, 0.4) is 0 Å². The van der Waals surface area contributed by atoms with Crippen LogP contribution >= 0.6 is 0 Å². The molecule has 0 spiro atoms. The van der Waals surface area contributed by atoms with Crippen LogP contribution in [0.2, 0.25) is 0 Å². The van der Waals surface area contributed by atoms with Crippen molar-refractivity contribution in [1.82, 2.24) is 0 Å². The van der Waals surface area contributed by atoms with Crippen molar-refractivity contribution >= 4 is 12.0 Å². The minimum Gasteiger partial charge on any atom is -0.379 e. The van der Waals surface area contributed by atoms with Crippen LogP contribution < -0.4 is 10.6 Å². The highest BCUT2D eigenvalue weighted by Gasteiger charge is 2.13. The predicted octanol–water partition coefficient (Wildman–Crippen LogP) is -1.01. The maximum Gasteiger partial charge on any atom is 0.279 e. The second kappa shape index (κ2) is 2.53. The van der Waals surface area contributed by atoms with Crippen LogP contribution in [-0.4, -0.2) is 17.1 Å². The molecule has 0 fully saturated rings. The molecule has 0 radical (unpaired) electrons. The Labute approximate surface area is 68.7 Å². The number of carbonyl (C=O) groups excluding carboxylic acids is 1. The number of para-hydroxylation sites is 1. The molecular formula is C9H7NO2. The van der Waals surface area contributed by atoms with Crippen LogP contribution in [0.1, 0.15) is 0 Å². The first-order valence-electron chi connectivity index (χ1n) is 3.65. The first-order chi connectivity index (χ1) is 5.77. The third kappa shape index (κ3) is 1.04. The van der Waals surface area contributed by atoms with Gasteiger partial charge in [0.05, 0.1) is 5.36 Å². The van der Waals surface area contributed by atoms with Crippen molar-refractivity contribution in [2.24, 2.45) is 4.99 Å². The fraction of sp³-hybridized carbons (Fsp3) is 0.111. The van der Waals surface area contributed by atoms with Gasteiger partial charge in [0.2, 0.25) is 0 Å². The number of aliphatic hydroxyl groups is 1. The molecule has 1 heterocycles. The average Bonchev–Trinajstić information content (AvgIpc) is 2.07. The summed E-state index contributed by atoms with van der Waals surface area (Å²) < 4.78 is 0. The Hall–Kier alpha value is -1.48. The van der Waals surface area contributed by atoms with Gasteiger partial charge in [-0.15, -0.1) is 0 Å². The molecule has 3 heteroatoms. The number of rotatable bonds is 0. The predicted molar refractivity (Wildman–Crippen MR) is 42.7 cm³/mol. The van der Waals surface area contributed by atoms with Gasteiger partial charge in [0, 0.05) is 0 Å². The highest BCUT2D eigenvalue weighted by molar-refractivity contribution is 5.88. The van der Waals surface area contributed by atoms with Crippen molar-refractivity contribution in [2.75, 3.05) is 0 Å². The maximum atomic E-state index is 10.9. The summed E-state index contributed by atoms with van der Waals surface area (Å²) >= 11 is 0. The molecule has 3 nitrogen and oxygen atoms in total. The lowest BCUT2D eigenvalue weighted by atomic mass is 10.2. The minimum atomic E-state index is -1.07. The summed E-state index contributed by atoms with van der Waals surface area (Å²) in [6, 6.07) is 7.21. The molecule has 1 unspecified atom stereocenters. The zero-order valence-electron chi connectivity index (χ0n) is 6.27. The molecule has 1 N–H and O–H groups in total. The van der Waals surface area contributed by atoms with Gasteiger partial charge < -0.3 is 5.11 Å². The van der Waals surface area contributed by atoms with Gasteiger partial charge in [0.1, 0.15) is 0 Å². The van der Waals surface area contributed by atoms with E-state index in [-0.39, 0.29) is 0 Å². The van der Waals surface area contributed by atoms with E-state index in [0.29, 0.717) is 5.36 Å². The number of fused-ring (bicyclic) bond motifs is 1. The molecule has 1 atom stereocenters. The molecule has 0 aliphatic carbocycles. The summed E-state index contributed by atoms with van der Waals surface area (Å²) in [7, 11) is 0. The smallest absolute Gasteiger partial charge is 0.279 e. The van der Waals surface area contributed by atoms with E-state index in [1.54, 1.807) is 12.1 Å². The molecule has 1 amide bonds. The number of carbonyl (C=O) groups is 1. The van der Waals surface area contributed by atoms with Gasteiger partial charge in [-0.2, -0.15) is 0 Å². The third-order valence-corrected chi connectivity index (χ3v) is 1.76. The maximum absolute atomic E-state index is 10.9. The molecule has 1 aromatic carbocycles. The number of hydrogen-bond donors (Lipinski definition) is 1. The van der Waals surface area contributed by atoms with Gasteiger partial charge >= 0.3 is 0 Å². The summed E-state index contributed by atoms with van der Waals surface area (Å²) in [4.78, 5) is 14.6. The van der Waals surface area contributed by atoms with Crippen LogP contribution in [0.5, 0.6) is 0 Å². The SMILES string of the molecule is O=C1N=c2ccccc2=CC1O. The Morgan fingerprint density at radius 1 is 1.33 bits per heavy atom. The number of benzene rings is 1. The number of aliphatic hydroxyl groups excluding tert-OH is 1. The van der Waals surface area contributed by atoms with Crippen molar-refractivity contribution in [3.8, 4) is 0 Å². The summed E-state index contributed by atoms with van der Waals surface area (Å²) in [5.74, 6) is -0.492. The van der Waals surface area contributed by atoms with Crippen molar-refractivity contribution in [3.05, 3.63) is 34.8 Å². The van der Waals surface area contributed by atoms with Crippen LogP contribution in [0.15, 0.2) is 29.3 Å². The summed E-state index contributed by atoms with van der Waals surface area (Å²) in [6.45, 7) is 0. The molecule has 0 saturated heterocycles. The Bertz CT molecular complexity index is 436. The van der Waals surface area contributed by atoms with Crippen LogP contribution in [-0.2, 0) is 4.79 Å². The van der Waals surface area contributed by atoms with E-state index in [0.717, 1.165) is 5.22 Å². The van der Waals surface area contributed by atoms with Crippen LogP contribution in [0.4, 0.5) is 0 Å². The van der Waals surface area contributed by atoms with E-state index >= 15 is 0 Å². The molecule has 12 heavy (non-hydrogen) atoms. The average molecular weight is 161 g/mol. The molecule has 1 aromatic rings. The second-order valence-electron chi connectivity index (χ2n) is 2.62. The molecule has 1 aliphatic heterocycles. The van der Waals surface area contributed by atoms with Gasteiger partial charge in [-0.3, -0.25) is 4.79 Å². The fourth-order valence-corrected chi connectivity index (χ4v) is 1.16. The number of nitrogens with zero attached hydrogens (tertiary/aromatic N) is 1. The zero-order valence-corrected chi connectivity index (χ0v) is 6.27. The first kappa shape index (κ1) is 7.18.